The van der Waals surface area contributed by atoms with Gasteiger partial charge < -0.3 is 5.32 Å². The lowest BCUT2D eigenvalue weighted by Gasteiger charge is -2.03. The van der Waals surface area contributed by atoms with Crippen molar-refractivity contribution in [1.29, 1.82) is 0 Å². The van der Waals surface area contributed by atoms with E-state index in [9.17, 15) is 10.1 Å². The first kappa shape index (κ1) is 12.7. The Balaban J connectivity index is 2.17. The number of nitrogens with zero attached hydrogens (tertiary/aromatic N) is 4. The van der Waals surface area contributed by atoms with Crippen LogP contribution in [-0.2, 0) is 6.54 Å². The number of rotatable bonds is 4. The Morgan fingerprint density at radius 2 is 2.28 bits per heavy atom. The van der Waals surface area contributed by atoms with Crippen molar-refractivity contribution in [2.45, 2.75) is 13.5 Å². The summed E-state index contributed by atoms with van der Waals surface area (Å²) in [5.41, 5.74) is -0.215. The number of nitro groups is 1. The van der Waals surface area contributed by atoms with Gasteiger partial charge in [0, 0.05) is 11.1 Å². The Morgan fingerprint density at radius 3 is 2.89 bits per heavy atom. The Kier molecular flexibility index (Phi) is 3.68. The summed E-state index contributed by atoms with van der Waals surface area (Å²) in [6.45, 7) is 2.29. The van der Waals surface area contributed by atoms with Crippen LogP contribution in [0.3, 0.4) is 0 Å². The van der Waals surface area contributed by atoms with Gasteiger partial charge in [0.1, 0.15) is 11.2 Å². The van der Waals surface area contributed by atoms with Crippen LogP contribution in [0.15, 0.2) is 12.4 Å². The first-order chi connectivity index (χ1) is 8.56. The average Bonchev–Trinajstić information content (AvgIpc) is 2.72. The van der Waals surface area contributed by atoms with Crippen molar-refractivity contribution in [1.82, 2.24) is 15.0 Å². The minimum Gasteiger partial charge on any atom is -0.358 e. The summed E-state index contributed by atoms with van der Waals surface area (Å²) in [6, 6.07) is 0. The van der Waals surface area contributed by atoms with Crippen LogP contribution >= 0.6 is 22.9 Å². The molecule has 7 nitrogen and oxygen atoms in total. The van der Waals surface area contributed by atoms with Crippen molar-refractivity contribution in [2.24, 2.45) is 0 Å². The van der Waals surface area contributed by atoms with Crippen LogP contribution in [0.5, 0.6) is 0 Å². The predicted octanol–water partition coefficient (Wildman–Crippen LogP) is 2.42. The summed E-state index contributed by atoms with van der Waals surface area (Å²) in [7, 11) is 0. The van der Waals surface area contributed by atoms with Gasteiger partial charge in [-0.25, -0.2) is 9.97 Å². The highest BCUT2D eigenvalue weighted by molar-refractivity contribution is 7.11. The molecule has 0 bridgehead atoms. The molecule has 0 aromatic carbocycles. The van der Waals surface area contributed by atoms with E-state index in [4.69, 9.17) is 11.6 Å². The maximum absolute atomic E-state index is 10.8. The molecule has 0 spiro atoms. The molecule has 0 amide bonds. The zero-order valence-corrected chi connectivity index (χ0v) is 10.8. The van der Waals surface area contributed by atoms with Crippen molar-refractivity contribution in [3.63, 3.8) is 0 Å². The molecule has 0 aliphatic carbocycles. The molecule has 94 valence electrons. The van der Waals surface area contributed by atoms with E-state index in [2.05, 4.69) is 20.3 Å². The van der Waals surface area contributed by atoms with Gasteiger partial charge in [-0.05, 0) is 18.5 Å². The number of anilines is 1. The van der Waals surface area contributed by atoms with Crippen molar-refractivity contribution in [2.75, 3.05) is 5.32 Å². The second kappa shape index (κ2) is 5.23. The summed E-state index contributed by atoms with van der Waals surface area (Å²) in [5.74, 6) is 0.0906. The first-order valence-electron chi connectivity index (χ1n) is 4.88. The SMILES string of the molecule is Cc1cnc(CNc2nc(Cl)ncc2[N+](=O)[O-])s1. The van der Waals surface area contributed by atoms with Gasteiger partial charge in [0.15, 0.2) is 0 Å². The number of hydrogen-bond acceptors (Lipinski definition) is 7. The third kappa shape index (κ3) is 2.90. The summed E-state index contributed by atoms with van der Waals surface area (Å²) in [5, 5.41) is 14.4. The smallest absolute Gasteiger partial charge is 0.329 e. The molecular weight excluding hydrogens is 278 g/mol. The fraction of sp³-hybridized carbons (Fsp3) is 0.222. The third-order valence-electron chi connectivity index (χ3n) is 2.01. The lowest BCUT2D eigenvalue weighted by Crippen LogP contribution is -2.05. The number of aryl methyl sites for hydroxylation is 1. The van der Waals surface area contributed by atoms with Crippen LogP contribution in [-0.4, -0.2) is 19.9 Å². The molecule has 1 N–H and O–H groups in total. The van der Waals surface area contributed by atoms with Gasteiger partial charge in [-0.15, -0.1) is 11.3 Å². The normalized spacial score (nSPS) is 10.3. The maximum atomic E-state index is 10.8. The highest BCUT2D eigenvalue weighted by Gasteiger charge is 2.16. The van der Waals surface area contributed by atoms with E-state index >= 15 is 0 Å². The molecule has 2 rings (SSSR count). The topological polar surface area (TPSA) is 93.8 Å². The molecule has 18 heavy (non-hydrogen) atoms. The molecule has 0 aliphatic heterocycles. The van der Waals surface area contributed by atoms with Crippen molar-refractivity contribution >= 4 is 34.4 Å². The van der Waals surface area contributed by atoms with Crippen LogP contribution in [0.4, 0.5) is 11.5 Å². The first-order valence-corrected chi connectivity index (χ1v) is 6.08. The zero-order chi connectivity index (χ0) is 13.1. The van der Waals surface area contributed by atoms with Gasteiger partial charge in [0.05, 0.1) is 11.5 Å². The number of halogens is 1. The fourth-order valence-corrected chi connectivity index (χ4v) is 2.12. The molecule has 0 aliphatic rings. The Hall–Kier alpha value is -1.80. The Bertz CT molecular complexity index is 588. The van der Waals surface area contributed by atoms with Gasteiger partial charge in [-0.3, -0.25) is 10.1 Å². The number of aromatic nitrogens is 3. The van der Waals surface area contributed by atoms with Gasteiger partial charge in [-0.1, -0.05) is 0 Å². The molecule has 2 aromatic heterocycles. The zero-order valence-electron chi connectivity index (χ0n) is 9.25. The highest BCUT2D eigenvalue weighted by Crippen LogP contribution is 2.23. The van der Waals surface area contributed by atoms with E-state index in [-0.39, 0.29) is 16.8 Å². The molecule has 0 atom stereocenters. The van der Waals surface area contributed by atoms with Crippen LogP contribution in [0, 0.1) is 17.0 Å². The molecule has 0 radical (unpaired) electrons. The van der Waals surface area contributed by atoms with Gasteiger partial charge in [-0.2, -0.15) is 4.98 Å². The average molecular weight is 286 g/mol. The Morgan fingerprint density at radius 1 is 1.50 bits per heavy atom. The van der Waals surface area contributed by atoms with Crippen LogP contribution in [0.2, 0.25) is 5.28 Å². The number of thiazole rings is 1. The number of hydrogen-bond donors (Lipinski definition) is 1. The molecule has 2 heterocycles. The largest absolute Gasteiger partial charge is 0.358 e. The second-order valence-electron chi connectivity index (χ2n) is 3.35. The molecular formula is C9H8ClN5O2S. The minimum atomic E-state index is -0.564. The molecule has 0 saturated carbocycles. The molecule has 2 aromatic rings. The van der Waals surface area contributed by atoms with Crippen LogP contribution in [0.1, 0.15) is 9.88 Å². The van der Waals surface area contributed by atoms with E-state index in [0.29, 0.717) is 6.54 Å². The summed E-state index contributed by atoms with van der Waals surface area (Å²) in [4.78, 5) is 22.8. The summed E-state index contributed by atoms with van der Waals surface area (Å²) in [6.07, 6.45) is 2.81. The third-order valence-corrected chi connectivity index (χ3v) is 3.11. The fourth-order valence-electron chi connectivity index (χ4n) is 1.26. The lowest BCUT2D eigenvalue weighted by atomic mass is 10.4. The predicted molar refractivity (Wildman–Crippen MR) is 67.9 cm³/mol. The standard InChI is InChI=1S/C9H8ClN5O2S/c1-5-2-11-7(18-5)4-12-8-6(15(16)17)3-13-9(10)14-8/h2-3H,4H2,1H3,(H,12,13,14). The maximum Gasteiger partial charge on any atom is 0.329 e. The number of nitrogens with one attached hydrogen (secondary N) is 1. The van der Waals surface area contributed by atoms with Crippen LogP contribution in [0.25, 0.3) is 0 Å². The second-order valence-corrected chi connectivity index (χ2v) is 5.01. The van der Waals surface area contributed by atoms with E-state index in [1.165, 1.54) is 11.3 Å². The monoisotopic (exact) mass is 285 g/mol. The van der Waals surface area contributed by atoms with Gasteiger partial charge in [0.2, 0.25) is 11.1 Å². The van der Waals surface area contributed by atoms with Crippen molar-refractivity contribution in [3.8, 4) is 0 Å². The van der Waals surface area contributed by atoms with Crippen molar-refractivity contribution < 1.29 is 4.92 Å². The van der Waals surface area contributed by atoms with Crippen molar-refractivity contribution in [3.05, 3.63) is 37.7 Å². The molecule has 0 fully saturated rings. The van der Waals surface area contributed by atoms with E-state index in [1.807, 2.05) is 6.92 Å². The quantitative estimate of drug-likeness (QED) is 0.527. The molecule has 0 unspecified atom stereocenters. The van der Waals surface area contributed by atoms with E-state index in [1.54, 1.807) is 6.20 Å². The van der Waals surface area contributed by atoms with Gasteiger partial charge >= 0.3 is 5.69 Å². The van der Waals surface area contributed by atoms with Gasteiger partial charge in [0.25, 0.3) is 0 Å². The van der Waals surface area contributed by atoms with E-state index < -0.39 is 4.92 Å². The van der Waals surface area contributed by atoms with Crippen LogP contribution < -0.4 is 5.32 Å². The molecule has 0 saturated heterocycles. The summed E-state index contributed by atoms with van der Waals surface area (Å²) < 4.78 is 0. The lowest BCUT2D eigenvalue weighted by molar-refractivity contribution is -0.384. The molecule has 9 heteroatoms. The highest BCUT2D eigenvalue weighted by atomic mass is 35.5. The summed E-state index contributed by atoms with van der Waals surface area (Å²) >= 11 is 7.12. The van der Waals surface area contributed by atoms with E-state index in [0.717, 1.165) is 16.1 Å². The Labute approximate surface area is 111 Å². The minimum absolute atomic E-state index is 0.0431.